The summed E-state index contributed by atoms with van der Waals surface area (Å²) in [5.74, 6) is 0.423. The molecule has 4 rings (SSSR count). The number of nitrogens with zero attached hydrogens (tertiary/aromatic N) is 1. The van der Waals surface area contributed by atoms with E-state index in [-0.39, 0.29) is 17.2 Å². The van der Waals surface area contributed by atoms with Crippen LogP contribution in [0.4, 0.5) is 0 Å². The highest BCUT2D eigenvalue weighted by molar-refractivity contribution is 9.10. The number of halogens is 1. The third-order valence-corrected chi connectivity index (χ3v) is 5.94. The molecule has 0 saturated carbocycles. The van der Waals surface area contributed by atoms with Gasteiger partial charge in [0.1, 0.15) is 11.3 Å². The highest BCUT2D eigenvalue weighted by Crippen LogP contribution is 2.26. The summed E-state index contributed by atoms with van der Waals surface area (Å²) < 4.78 is 11.7. The minimum Gasteiger partial charge on any atom is -0.497 e. The van der Waals surface area contributed by atoms with Crippen LogP contribution >= 0.6 is 15.9 Å². The van der Waals surface area contributed by atoms with Crippen LogP contribution in [0, 0.1) is 0 Å². The van der Waals surface area contributed by atoms with Gasteiger partial charge in [-0.2, -0.15) is 0 Å². The minimum atomic E-state index is -0.394. The average molecular weight is 471 g/mol. The largest absolute Gasteiger partial charge is 0.497 e. The van der Waals surface area contributed by atoms with Gasteiger partial charge in [-0.3, -0.25) is 14.5 Å². The van der Waals surface area contributed by atoms with E-state index in [2.05, 4.69) is 26.1 Å². The Kier molecular flexibility index (Phi) is 6.20. The third-order valence-electron chi connectivity index (χ3n) is 5.45. The summed E-state index contributed by atoms with van der Waals surface area (Å²) in [5, 5.41) is 3.39. The number of hydrogen-bond donors (Lipinski definition) is 1. The molecule has 1 saturated heterocycles. The molecule has 0 spiro atoms. The summed E-state index contributed by atoms with van der Waals surface area (Å²) >= 11 is 3.35. The summed E-state index contributed by atoms with van der Waals surface area (Å²) in [6, 6.07) is 14.4. The van der Waals surface area contributed by atoms with Crippen LogP contribution in [0.5, 0.6) is 5.75 Å². The molecule has 0 aliphatic carbocycles. The monoisotopic (exact) mass is 470 g/mol. The molecule has 1 aromatic heterocycles. The second-order valence-corrected chi connectivity index (χ2v) is 8.27. The van der Waals surface area contributed by atoms with Gasteiger partial charge in [-0.1, -0.05) is 28.1 Å². The van der Waals surface area contributed by atoms with Gasteiger partial charge >= 0.3 is 0 Å². The molecule has 30 heavy (non-hydrogen) atoms. The van der Waals surface area contributed by atoms with Crippen molar-refractivity contribution in [3.05, 3.63) is 74.6 Å². The number of carbonyl (C=O) groups is 1. The van der Waals surface area contributed by atoms with Gasteiger partial charge in [0, 0.05) is 17.1 Å². The molecule has 0 radical (unpaired) electrons. The summed E-state index contributed by atoms with van der Waals surface area (Å²) in [7, 11) is 1.64. The lowest BCUT2D eigenvalue weighted by Gasteiger charge is -2.28. The van der Waals surface area contributed by atoms with Crippen molar-refractivity contribution in [2.24, 2.45) is 0 Å². The summed E-state index contributed by atoms with van der Waals surface area (Å²) in [5.41, 5.74) is 1.26. The molecule has 1 aliphatic heterocycles. The van der Waals surface area contributed by atoms with Gasteiger partial charge < -0.3 is 14.5 Å². The Morgan fingerprint density at radius 1 is 1.17 bits per heavy atom. The number of hydrogen-bond acceptors (Lipinski definition) is 5. The van der Waals surface area contributed by atoms with E-state index in [1.54, 1.807) is 25.3 Å². The van der Waals surface area contributed by atoms with Crippen molar-refractivity contribution in [3.63, 3.8) is 0 Å². The van der Waals surface area contributed by atoms with Crippen LogP contribution < -0.4 is 15.5 Å². The van der Waals surface area contributed by atoms with Crippen LogP contribution in [-0.2, 0) is 0 Å². The molecule has 0 bridgehead atoms. The number of likely N-dealkylation sites (tertiary alicyclic amines) is 1. The van der Waals surface area contributed by atoms with Crippen molar-refractivity contribution in [2.75, 3.05) is 26.7 Å². The highest BCUT2D eigenvalue weighted by Gasteiger charge is 2.24. The Hall–Kier alpha value is -2.64. The van der Waals surface area contributed by atoms with Crippen LogP contribution in [0.3, 0.4) is 0 Å². The van der Waals surface area contributed by atoms with Gasteiger partial charge in [-0.25, -0.2) is 0 Å². The SMILES string of the molecule is COc1ccc(C(CNC(=O)c2cc(=O)c3cc(Br)ccc3o2)N2CCCC2)cc1. The lowest BCUT2D eigenvalue weighted by molar-refractivity contribution is 0.0910. The van der Waals surface area contributed by atoms with Crippen LogP contribution in [0.15, 0.2) is 62.2 Å². The third kappa shape index (κ3) is 4.42. The number of methoxy groups -OCH3 is 1. The van der Waals surface area contributed by atoms with E-state index in [1.165, 1.54) is 6.07 Å². The number of ether oxygens (including phenoxy) is 1. The summed E-state index contributed by atoms with van der Waals surface area (Å²) in [6.07, 6.45) is 2.30. The number of carbonyl (C=O) groups excluding carboxylic acids is 1. The van der Waals surface area contributed by atoms with Crippen molar-refractivity contribution < 1.29 is 13.9 Å². The fourth-order valence-corrected chi connectivity index (χ4v) is 4.22. The van der Waals surface area contributed by atoms with E-state index < -0.39 is 5.91 Å². The number of rotatable bonds is 6. The summed E-state index contributed by atoms with van der Waals surface area (Å²) in [6.45, 7) is 2.41. The first-order chi connectivity index (χ1) is 14.5. The highest BCUT2D eigenvalue weighted by atomic mass is 79.9. The molecule has 1 N–H and O–H groups in total. The number of amides is 1. The lowest BCUT2D eigenvalue weighted by Crippen LogP contribution is -2.37. The zero-order valence-electron chi connectivity index (χ0n) is 16.7. The maximum absolute atomic E-state index is 12.8. The van der Waals surface area contributed by atoms with E-state index in [4.69, 9.17) is 9.15 Å². The fourth-order valence-electron chi connectivity index (χ4n) is 3.85. The van der Waals surface area contributed by atoms with Crippen molar-refractivity contribution in [2.45, 2.75) is 18.9 Å². The molecule has 3 aromatic rings. The Bertz CT molecular complexity index is 1100. The Labute approximate surface area is 183 Å². The van der Waals surface area contributed by atoms with E-state index in [9.17, 15) is 9.59 Å². The van der Waals surface area contributed by atoms with Crippen LogP contribution in [0.25, 0.3) is 11.0 Å². The van der Waals surface area contributed by atoms with Gasteiger partial charge in [0.05, 0.1) is 18.5 Å². The Balaban J connectivity index is 1.54. The van der Waals surface area contributed by atoms with Gasteiger partial charge in [0.15, 0.2) is 11.2 Å². The Morgan fingerprint density at radius 3 is 2.60 bits per heavy atom. The van der Waals surface area contributed by atoms with Crippen molar-refractivity contribution >= 4 is 32.8 Å². The molecule has 1 aliphatic rings. The van der Waals surface area contributed by atoms with E-state index in [0.29, 0.717) is 17.5 Å². The molecular formula is C23H23BrN2O4. The quantitative estimate of drug-likeness (QED) is 0.586. The first-order valence-electron chi connectivity index (χ1n) is 9.95. The average Bonchev–Trinajstić information content (AvgIpc) is 3.29. The maximum Gasteiger partial charge on any atom is 0.287 e. The molecule has 1 fully saturated rings. The number of nitrogens with one attached hydrogen (secondary N) is 1. The van der Waals surface area contributed by atoms with E-state index in [0.717, 1.165) is 41.7 Å². The first kappa shape index (κ1) is 20.6. The standard InChI is InChI=1S/C23H23BrN2O4/c1-29-17-7-4-15(5-8-17)19(26-10-2-3-11-26)14-25-23(28)22-13-20(27)18-12-16(24)6-9-21(18)30-22/h4-9,12-13,19H,2-3,10-11,14H2,1H3,(H,25,28). The maximum atomic E-state index is 12.8. The van der Waals surface area contributed by atoms with Gasteiger partial charge in [0.25, 0.3) is 5.91 Å². The van der Waals surface area contributed by atoms with E-state index in [1.807, 2.05) is 24.3 Å². The van der Waals surface area contributed by atoms with Crippen LogP contribution in [0.1, 0.15) is 35.0 Å². The van der Waals surface area contributed by atoms with Gasteiger partial charge in [-0.05, 0) is 61.8 Å². The predicted octanol–water partition coefficient (Wildman–Crippen LogP) is 4.13. The lowest BCUT2D eigenvalue weighted by atomic mass is 10.1. The smallest absolute Gasteiger partial charge is 0.287 e. The molecule has 1 unspecified atom stereocenters. The predicted molar refractivity (Wildman–Crippen MR) is 119 cm³/mol. The molecule has 1 atom stereocenters. The first-order valence-corrected chi connectivity index (χ1v) is 10.7. The second-order valence-electron chi connectivity index (χ2n) is 7.36. The molecule has 7 heteroatoms. The molecular weight excluding hydrogens is 448 g/mol. The minimum absolute atomic E-state index is 0.0183. The molecule has 2 heterocycles. The normalized spacial score (nSPS) is 15.3. The number of benzene rings is 2. The Morgan fingerprint density at radius 2 is 1.90 bits per heavy atom. The second kappa shape index (κ2) is 9.02. The topological polar surface area (TPSA) is 71.8 Å². The molecule has 1 amide bonds. The van der Waals surface area contributed by atoms with E-state index >= 15 is 0 Å². The van der Waals surface area contributed by atoms with Crippen LogP contribution in [-0.4, -0.2) is 37.6 Å². The van der Waals surface area contributed by atoms with Crippen molar-refractivity contribution in [1.82, 2.24) is 10.2 Å². The molecule has 2 aromatic carbocycles. The molecule has 6 nitrogen and oxygen atoms in total. The van der Waals surface area contributed by atoms with Crippen molar-refractivity contribution in [3.8, 4) is 5.75 Å². The molecule has 156 valence electrons. The zero-order chi connectivity index (χ0) is 21.1. The van der Waals surface area contributed by atoms with Crippen molar-refractivity contribution in [1.29, 1.82) is 0 Å². The fraction of sp³-hybridized carbons (Fsp3) is 0.304. The van der Waals surface area contributed by atoms with Gasteiger partial charge in [-0.15, -0.1) is 0 Å². The van der Waals surface area contributed by atoms with Crippen LogP contribution in [0.2, 0.25) is 0 Å². The zero-order valence-corrected chi connectivity index (χ0v) is 18.3. The number of fused-ring (bicyclic) bond motifs is 1. The summed E-state index contributed by atoms with van der Waals surface area (Å²) in [4.78, 5) is 27.5. The van der Waals surface area contributed by atoms with Gasteiger partial charge in [0.2, 0.25) is 0 Å².